The fourth-order valence-electron chi connectivity index (χ4n) is 2.83. The maximum absolute atomic E-state index is 12.7. The molecule has 5 heteroatoms. The normalized spacial score (nSPS) is 17.3. The Kier molecular flexibility index (Phi) is 4.48. The molecule has 2 aromatic carbocycles. The zero-order valence-corrected chi connectivity index (χ0v) is 12.9. The molecule has 1 fully saturated rings. The van der Waals surface area contributed by atoms with Crippen LogP contribution in [0, 0.1) is 0 Å². The number of nitrogens with zero attached hydrogens (tertiary/aromatic N) is 1. The number of hydrogen-bond donors (Lipinski definition) is 3. The monoisotopic (exact) mass is 311 g/mol. The van der Waals surface area contributed by atoms with E-state index in [2.05, 4.69) is 5.32 Å². The Labute approximate surface area is 135 Å². The van der Waals surface area contributed by atoms with Crippen LogP contribution < -0.4 is 11.1 Å². The number of aliphatic hydroxyl groups is 1. The summed E-state index contributed by atoms with van der Waals surface area (Å²) in [4.78, 5) is 14.4. The van der Waals surface area contributed by atoms with Crippen LogP contribution in [0.2, 0.25) is 0 Å². The second kappa shape index (κ2) is 6.71. The molecule has 0 radical (unpaired) electrons. The van der Waals surface area contributed by atoms with E-state index in [1.54, 1.807) is 4.90 Å². The third kappa shape index (κ3) is 3.46. The Balaban J connectivity index is 1.75. The molecule has 0 spiro atoms. The Morgan fingerprint density at radius 1 is 1.22 bits per heavy atom. The van der Waals surface area contributed by atoms with Crippen LogP contribution in [0.15, 0.2) is 48.5 Å². The summed E-state index contributed by atoms with van der Waals surface area (Å²) in [6, 6.07) is 15.1. The summed E-state index contributed by atoms with van der Waals surface area (Å²) in [5.41, 5.74) is 9.05. The standard InChI is InChI=1S/C18H21N3O2/c19-16-7-3-4-8-17(16)20-11-13-5-1-2-6-15(13)18(23)21-10-9-14(22)12-21/h1-8,14,20,22H,9-12,19H2. The van der Waals surface area contributed by atoms with Gasteiger partial charge in [-0.15, -0.1) is 0 Å². The number of amides is 1. The van der Waals surface area contributed by atoms with Crippen LogP contribution in [0.4, 0.5) is 11.4 Å². The third-order valence-corrected chi connectivity index (χ3v) is 4.13. The number of carbonyl (C=O) groups excluding carboxylic acids is 1. The van der Waals surface area contributed by atoms with Crippen molar-refractivity contribution in [3.05, 3.63) is 59.7 Å². The van der Waals surface area contributed by atoms with Gasteiger partial charge in [0.05, 0.1) is 17.5 Å². The number of nitrogens with two attached hydrogens (primary N) is 1. The van der Waals surface area contributed by atoms with Gasteiger partial charge in [-0.1, -0.05) is 30.3 Å². The number of nitrogen functional groups attached to an aromatic ring is 1. The number of hydrogen-bond acceptors (Lipinski definition) is 4. The molecule has 1 heterocycles. The second-order valence-electron chi connectivity index (χ2n) is 5.79. The Bertz CT molecular complexity index is 702. The van der Waals surface area contributed by atoms with Crippen molar-refractivity contribution in [2.45, 2.75) is 19.1 Å². The molecule has 4 N–H and O–H groups in total. The topological polar surface area (TPSA) is 78.6 Å². The van der Waals surface area contributed by atoms with Crippen LogP contribution in [0.25, 0.3) is 0 Å². The average Bonchev–Trinajstić information content (AvgIpc) is 3.00. The van der Waals surface area contributed by atoms with E-state index in [1.807, 2.05) is 48.5 Å². The lowest BCUT2D eigenvalue weighted by Crippen LogP contribution is -2.30. The average molecular weight is 311 g/mol. The molecule has 1 atom stereocenters. The Morgan fingerprint density at radius 3 is 2.70 bits per heavy atom. The van der Waals surface area contributed by atoms with Gasteiger partial charge in [-0.2, -0.15) is 0 Å². The highest BCUT2D eigenvalue weighted by atomic mass is 16.3. The molecular weight excluding hydrogens is 290 g/mol. The van der Waals surface area contributed by atoms with Crippen LogP contribution in [-0.4, -0.2) is 35.1 Å². The van der Waals surface area contributed by atoms with Crippen molar-refractivity contribution < 1.29 is 9.90 Å². The fraction of sp³-hybridized carbons (Fsp3) is 0.278. The van der Waals surface area contributed by atoms with E-state index in [4.69, 9.17) is 5.73 Å². The maximum Gasteiger partial charge on any atom is 0.254 e. The van der Waals surface area contributed by atoms with Gasteiger partial charge in [0.2, 0.25) is 0 Å². The smallest absolute Gasteiger partial charge is 0.254 e. The molecule has 1 aliphatic rings. The minimum absolute atomic E-state index is 0.0278. The molecule has 1 saturated heterocycles. The van der Waals surface area contributed by atoms with Crippen LogP contribution >= 0.6 is 0 Å². The van der Waals surface area contributed by atoms with Gasteiger partial charge in [0.25, 0.3) is 5.91 Å². The molecule has 0 aromatic heterocycles. The molecule has 1 amide bonds. The zero-order chi connectivity index (χ0) is 16.2. The Morgan fingerprint density at radius 2 is 1.96 bits per heavy atom. The first-order chi connectivity index (χ1) is 11.1. The van der Waals surface area contributed by atoms with Crippen molar-refractivity contribution in [3.63, 3.8) is 0 Å². The number of β-amino-alcohol motifs (C(OH)–C–C–N with tert-alkyl or cyclic N) is 1. The van der Waals surface area contributed by atoms with E-state index in [1.165, 1.54) is 0 Å². The van der Waals surface area contributed by atoms with Gasteiger partial charge in [0.15, 0.2) is 0 Å². The molecule has 2 aromatic rings. The van der Waals surface area contributed by atoms with Gasteiger partial charge in [-0.05, 0) is 30.2 Å². The largest absolute Gasteiger partial charge is 0.397 e. The maximum atomic E-state index is 12.7. The van der Waals surface area contributed by atoms with Crippen molar-refractivity contribution >= 4 is 17.3 Å². The van der Waals surface area contributed by atoms with Crippen molar-refractivity contribution in [1.82, 2.24) is 4.90 Å². The summed E-state index contributed by atoms with van der Waals surface area (Å²) < 4.78 is 0. The van der Waals surface area contributed by atoms with Crippen molar-refractivity contribution in [2.75, 3.05) is 24.1 Å². The lowest BCUT2D eigenvalue weighted by atomic mass is 10.1. The highest BCUT2D eigenvalue weighted by Crippen LogP contribution is 2.20. The van der Waals surface area contributed by atoms with Crippen LogP contribution in [0.1, 0.15) is 22.3 Å². The summed E-state index contributed by atoms with van der Waals surface area (Å²) in [7, 11) is 0. The molecule has 0 saturated carbocycles. The van der Waals surface area contributed by atoms with E-state index >= 15 is 0 Å². The quantitative estimate of drug-likeness (QED) is 0.756. The van der Waals surface area contributed by atoms with E-state index in [9.17, 15) is 9.90 Å². The molecule has 3 rings (SSSR count). The molecule has 0 aliphatic carbocycles. The van der Waals surface area contributed by atoms with Gasteiger partial charge in [-0.3, -0.25) is 4.79 Å². The minimum Gasteiger partial charge on any atom is -0.397 e. The lowest BCUT2D eigenvalue weighted by Gasteiger charge is -2.18. The number of benzene rings is 2. The molecule has 5 nitrogen and oxygen atoms in total. The van der Waals surface area contributed by atoms with Crippen molar-refractivity contribution in [1.29, 1.82) is 0 Å². The first-order valence-corrected chi connectivity index (χ1v) is 7.79. The highest BCUT2D eigenvalue weighted by Gasteiger charge is 2.26. The predicted octanol–water partition coefficient (Wildman–Crippen LogP) is 2.09. The number of likely N-dealkylation sites (tertiary alicyclic amines) is 1. The number of carbonyl (C=O) groups is 1. The van der Waals surface area contributed by atoms with Crippen LogP contribution in [-0.2, 0) is 6.54 Å². The van der Waals surface area contributed by atoms with E-state index < -0.39 is 6.10 Å². The number of para-hydroxylation sites is 2. The van der Waals surface area contributed by atoms with Crippen molar-refractivity contribution in [2.24, 2.45) is 0 Å². The zero-order valence-electron chi connectivity index (χ0n) is 12.9. The lowest BCUT2D eigenvalue weighted by molar-refractivity contribution is 0.0764. The van der Waals surface area contributed by atoms with Gasteiger partial charge in [0.1, 0.15) is 0 Å². The first-order valence-electron chi connectivity index (χ1n) is 7.79. The van der Waals surface area contributed by atoms with Crippen LogP contribution in [0.3, 0.4) is 0 Å². The molecule has 0 bridgehead atoms. The van der Waals surface area contributed by atoms with E-state index in [0.29, 0.717) is 37.3 Å². The summed E-state index contributed by atoms with van der Waals surface area (Å²) in [6.45, 7) is 1.53. The number of rotatable bonds is 4. The molecule has 1 aliphatic heterocycles. The van der Waals surface area contributed by atoms with E-state index in [-0.39, 0.29) is 5.91 Å². The molecular formula is C18H21N3O2. The fourth-order valence-corrected chi connectivity index (χ4v) is 2.83. The third-order valence-electron chi connectivity index (χ3n) is 4.13. The summed E-state index contributed by atoms with van der Waals surface area (Å²) in [5, 5.41) is 12.9. The summed E-state index contributed by atoms with van der Waals surface area (Å²) in [6.07, 6.45) is 0.237. The molecule has 1 unspecified atom stereocenters. The predicted molar refractivity (Wildman–Crippen MR) is 91.2 cm³/mol. The van der Waals surface area contributed by atoms with Gasteiger partial charge < -0.3 is 21.1 Å². The number of nitrogens with one attached hydrogen (secondary N) is 1. The SMILES string of the molecule is Nc1ccccc1NCc1ccccc1C(=O)N1CCC(O)C1. The molecule has 120 valence electrons. The van der Waals surface area contributed by atoms with Gasteiger partial charge >= 0.3 is 0 Å². The first kappa shape index (κ1) is 15.4. The van der Waals surface area contributed by atoms with Crippen LogP contribution in [0.5, 0.6) is 0 Å². The summed E-state index contributed by atoms with van der Waals surface area (Å²) in [5.74, 6) is -0.0278. The second-order valence-corrected chi connectivity index (χ2v) is 5.79. The van der Waals surface area contributed by atoms with Crippen molar-refractivity contribution in [3.8, 4) is 0 Å². The van der Waals surface area contributed by atoms with Gasteiger partial charge in [0, 0.05) is 25.2 Å². The Hall–Kier alpha value is -2.53. The summed E-state index contributed by atoms with van der Waals surface area (Å²) >= 11 is 0. The minimum atomic E-state index is -0.409. The van der Waals surface area contributed by atoms with E-state index in [0.717, 1.165) is 11.3 Å². The molecule has 23 heavy (non-hydrogen) atoms. The van der Waals surface area contributed by atoms with Gasteiger partial charge in [-0.25, -0.2) is 0 Å². The number of anilines is 2. The highest BCUT2D eigenvalue weighted by molar-refractivity contribution is 5.96. The number of aliphatic hydroxyl groups excluding tert-OH is 1.